The summed E-state index contributed by atoms with van der Waals surface area (Å²) in [5.74, 6) is 0.424. The van der Waals surface area contributed by atoms with Gasteiger partial charge in [-0.3, -0.25) is 9.59 Å². The summed E-state index contributed by atoms with van der Waals surface area (Å²) in [7, 11) is 0. The van der Waals surface area contributed by atoms with Crippen LogP contribution < -0.4 is 14.9 Å². The first-order valence-electron chi connectivity index (χ1n) is 7.39. The van der Waals surface area contributed by atoms with Gasteiger partial charge in [-0.1, -0.05) is 41.7 Å². The average Bonchev–Trinajstić information content (AvgIpc) is 2.94. The lowest BCUT2D eigenvalue weighted by Gasteiger charge is -2.08. The summed E-state index contributed by atoms with van der Waals surface area (Å²) in [6.45, 7) is 2.19. The van der Waals surface area contributed by atoms with Gasteiger partial charge in [0.15, 0.2) is 0 Å². The van der Waals surface area contributed by atoms with Gasteiger partial charge in [-0.2, -0.15) is 0 Å². The minimum atomic E-state index is -0.297. The topological polar surface area (TPSA) is 71.2 Å². The molecule has 0 aliphatic rings. The molecule has 0 spiro atoms. The smallest absolute Gasteiger partial charge is 0.305 e. The number of carbonyl (C=O) groups excluding carboxylic acids is 1. The Morgan fingerprint density at radius 2 is 1.83 bits per heavy atom. The number of rotatable bonds is 5. The summed E-state index contributed by atoms with van der Waals surface area (Å²) >= 11 is 0.903. The standard InChI is InChI=1S/C18H16N2O3S/c1-12-16(24-18(22)19-12)17(21)20-14-7-9-15(10-8-14)23-11-13-5-3-2-4-6-13/h2-10H,11H2,1H3,(H,19,22)(H,20,21). The maximum atomic E-state index is 12.2. The van der Waals surface area contributed by atoms with Crippen LogP contribution in [0.1, 0.15) is 20.9 Å². The number of anilines is 1. The summed E-state index contributed by atoms with van der Waals surface area (Å²) in [5, 5.41) is 2.77. The van der Waals surface area contributed by atoms with Crippen LogP contribution in [0, 0.1) is 6.92 Å². The van der Waals surface area contributed by atoms with E-state index >= 15 is 0 Å². The Hall–Kier alpha value is -2.86. The Kier molecular flexibility index (Phi) is 4.77. The van der Waals surface area contributed by atoms with Crippen molar-refractivity contribution < 1.29 is 9.53 Å². The van der Waals surface area contributed by atoms with Crippen LogP contribution >= 0.6 is 11.3 Å². The van der Waals surface area contributed by atoms with E-state index in [1.54, 1.807) is 31.2 Å². The zero-order valence-corrected chi connectivity index (χ0v) is 13.9. The first-order valence-corrected chi connectivity index (χ1v) is 8.21. The van der Waals surface area contributed by atoms with Crippen LogP contribution in [-0.4, -0.2) is 10.9 Å². The third-order valence-corrected chi connectivity index (χ3v) is 4.37. The van der Waals surface area contributed by atoms with Gasteiger partial charge >= 0.3 is 4.87 Å². The van der Waals surface area contributed by atoms with Crippen LogP contribution in [-0.2, 0) is 6.61 Å². The molecule has 1 amide bonds. The molecule has 0 aliphatic heterocycles. The lowest BCUT2D eigenvalue weighted by Crippen LogP contribution is -2.11. The molecule has 2 N–H and O–H groups in total. The van der Waals surface area contributed by atoms with E-state index < -0.39 is 0 Å². The number of H-pyrrole nitrogens is 1. The van der Waals surface area contributed by atoms with Crippen LogP contribution in [0.4, 0.5) is 5.69 Å². The predicted octanol–water partition coefficient (Wildman–Crippen LogP) is 3.58. The van der Waals surface area contributed by atoms with Crippen LogP contribution in [0.15, 0.2) is 59.4 Å². The van der Waals surface area contributed by atoms with Crippen molar-refractivity contribution in [1.82, 2.24) is 4.98 Å². The first kappa shape index (κ1) is 16.0. The Morgan fingerprint density at radius 3 is 2.46 bits per heavy atom. The number of nitrogens with one attached hydrogen (secondary N) is 2. The number of thiazole rings is 1. The fourth-order valence-corrected chi connectivity index (χ4v) is 2.92. The minimum absolute atomic E-state index is 0.234. The molecule has 1 aromatic heterocycles. The summed E-state index contributed by atoms with van der Waals surface area (Å²) in [6.07, 6.45) is 0. The largest absolute Gasteiger partial charge is 0.489 e. The zero-order valence-electron chi connectivity index (χ0n) is 13.0. The van der Waals surface area contributed by atoms with Gasteiger partial charge in [0.1, 0.15) is 17.2 Å². The van der Waals surface area contributed by atoms with E-state index in [1.165, 1.54) is 0 Å². The summed E-state index contributed by atoms with van der Waals surface area (Å²) in [4.78, 5) is 26.2. The molecule has 0 radical (unpaired) electrons. The molecule has 0 aliphatic carbocycles. The molecule has 6 heteroatoms. The molecule has 5 nitrogen and oxygen atoms in total. The highest BCUT2D eigenvalue weighted by Gasteiger charge is 2.13. The van der Waals surface area contributed by atoms with E-state index in [-0.39, 0.29) is 10.8 Å². The number of benzene rings is 2. The number of hydrogen-bond acceptors (Lipinski definition) is 4. The molecule has 0 saturated carbocycles. The summed E-state index contributed by atoms with van der Waals surface area (Å²) < 4.78 is 5.70. The highest BCUT2D eigenvalue weighted by molar-refractivity contribution is 7.11. The van der Waals surface area contributed by atoms with Gasteiger partial charge in [0.2, 0.25) is 0 Å². The van der Waals surface area contributed by atoms with Crippen LogP contribution in [0.2, 0.25) is 0 Å². The molecule has 0 atom stereocenters. The van der Waals surface area contributed by atoms with E-state index in [0.717, 1.165) is 22.6 Å². The Bertz CT molecular complexity index is 883. The van der Waals surface area contributed by atoms with Crippen molar-refractivity contribution in [1.29, 1.82) is 0 Å². The van der Waals surface area contributed by atoms with Gasteiger partial charge in [-0.05, 0) is 36.8 Å². The van der Waals surface area contributed by atoms with Crippen molar-refractivity contribution >= 4 is 22.9 Å². The number of aryl methyl sites for hydroxylation is 1. The molecule has 0 unspecified atom stereocenters. The van der Waals surface area contributed by atoms with Gasteiger partial charge in [0, 0.05) is 11.4 Å². The van der Waals surface area contributed by atoms with Gasteiger partial charge in [0.05, 0.1) is 0 Å². The molecule has 2 aromatic carbocycles. The highest BCUT2D eigenvalue weighted by atomic mass is 32.1. The quantitative estimate of drug-likeness (QED) is 0.746. The maximum Gasteiger partial charge on any atom is 0.305 e. The van der Waals surface area contributed by atoms with Crippen molar-refractivity contribution in [3.63, 3.8) is 0 Å². The van der Waals surface area contributed by atoms with Gasteiger partial charge in [-0.15, -0.1) is 0 Å². The molecule has 0 fully saturated rings. The Labute approximate surface area is 142 Å². The molecule has 24 heavy (non-hydrogen) atoms. The lowest BCUT2D eigenvalue weighted by molar-refractivity contribution is 0.103. The third-order valence-electron chi connectivity index (χ3n) is 3.39. The van der Waals surface area contributed by atoms with Crippen molar-refractivity contribution in [3.05, 3.63) is 80.4 Å². The summed E-state index contributed by atoms with van der Waals surface area (Å²) in [6, 6.07) is 17.0. The van der Waals surface area contributed by atoms with E-state index in [2.05, 4.69) is 10.3 Å². The molecule has 1 heterocycles. The number of ether oxygens (including phenoxy) is 1. The molecule has 0 saturated heterocycles. The fourth-order valence-electron chi connectivity index (χ4n) is 2.18. The zero-order chi connectivity index (χ0) is 16.9. The first-order chi connectivity index (χ1) is 11.6. The van der Waals surface area contributed by atoms with Gasteiger partial charge in [-0.25, -0.2) is 0 Å². The van der Waals surface area contributed by atoms with Gasteiger partial charge in [0.25, 0.3) is 5.91 Å². The lowest BCUT2D eigenvalue weighted by atomic mass is 10.2. The number of carbonyl (C=O) groups is 1. The van der Waals surface area contributed by atoms with Crippen LogP contribution in [0.5, 0.6) is 5.75 Å². The van der Waals surface area contributed by atoms with Crippen LogP contribution in [0.25, 0.3) is 0 Å². The normalized spacial score (nSPS) is 10.4. The Morgan fingerprint density at radius 1 is 1.12 bits per heavy atom. The number of hydrogen-bond donors (Lipinski definition) is 2. The van der Waals surface area contributed by atoms with E-state index in [1.807, 2.05) is 30.3 Å². The molecular weight excluding hydrogens is 324 g/mol. The number of aromatic amines is 1. The molecule has 122 valence electrons. The van der Waals surface area contributed by atoms with E-state index in [0.29, 0.717) is 22.9 Å². The van der Waals surface area contributed by atoms with E-state index in [9.17, 15) is 9.59 Å². The second kappa shape index (κ2) is 7.14. The maximum absolute atomic E-state index is 12.2. The molecule has 3 aromatic rings. The monoisotopic (exact) mass is 340 g/mol. The van der Waals surface area contributed by atoms with Crippen molar-refractivity contribution in [2.24, 2.45) is 0 Å². The number of aromatic nitrogens is 1. The number of amides is 1. The third kappa shape index (κ3) is 3.91. The van der Waals surface area contributed by atoms with Gasteiger partial charge < -0.3 is 15.0 Å². The van der Waals surface area contributed by atoms with Crippen molar-refractivity contribution in [2.45, 2.75) is 13.5 Å². The SMILES string of the molecule is Cc1[nH]c(=O)sc1C(=O)Nc1ccc(OCc2ccccc2)cc1. The van der Waals surface area contributed by atoms with Crippen LogP contribution in [0.3, 0.4) is 0 Å². The van der Waals surface area contributed by atoms with Crippen molar-refractivity contribution in [3.8, 4) is 5.75 Å². The summed E-state index contributed by atoms with van der Waals surface area (Å²) in [5.41, 5.74) is 2.31. The second-order valence-electron chi connectivity index (χ2n) is 5.22. The second-order valence-corrected chi connectivity index (χ2v) is 6.20. The highest BCUT2D eigenvalue weighted by Crippen LogP contribution is 2.18. The minimum Gasteiger partial charge on any atom is -0.489 e. The fraction of sp³-hybridized carbons (Fsp3) is 0.111. The average molecular weight is 340 g/mol. The van der Waals surface area contributed by atoms with Crippen molar-refractivity contribution in [2.75, 3.05) is 5.32 Å². The molecule has 3 rings (SSSR count). The van der Waals surface area contributed by atoms with E-state index in [4.69, 9.17) is 4.74 Å². The predicted molar refractivity (Wildman–Crippen MR) is 94.8 cm³/mol. The Balaban J connectivity index is 1.61. The molecule has 0 bridgehead atoms. The molecular formula is C18H16N2O3S.